The van der Waals surface area contributed by atoms with Crippen molar-refractivity contribution in [3.8, 4) is 0 Å². The summed E-state index contributed by atoms with van der Waals surface area (Å²) < 4.78 is 0. The van der Waals surface area contributed by atoms with Crippen molar-refractivity contribution in [2.75, 3.05) is 0 Å². The monoisotopic (exact) mass is 376 g/mol. The van der Waals surface area contributed by atoms with E-state index < -0.39 is 6.04 Å². The molecule has 3 aromatic carbocycles. The van der Waals surface area contributed by atoms with Gasteiger partial charge in [-0.05, 0) is 22.5 Å². The van der Waals surface area contributed by atoms with Gasteiger partial charge in [0.25, 0.3) is 0 Å². The fourth-order valence-corrected chi connectivity index (χ4v) is 9.57. The number of hydrogen-bond donors (Lipinski definition) is 0. The summed E-state index contributed by atoms with van der Waals surface area (Å²) in [5.74, 6) is 0.323. The number of Topliss-reactive ketones (excluding diaryl/α,β-unsaturated/α-hetero) is 1. The Morgan fingerprint density at radius 2 is 1.04 bits per heavy atom. The van der Waals surface area contributed by atoms with Crippen molar-refractivity contribution in [3.63, 3.8) is 0 Å². The maximum Gasteiger partial charge on any atom is 0.134 e. The number of carbonyl (C=O) groups excluding carboxylic acids is 1. The summed E-state index contributed by atoms with van der Waals surface area (Å²) in [6.45, 7) is 0. The predicted octanol–water partition coefficient (Wildman–Crippen LogP) is 5.64. The van der Waals surface area contributed by atoms with Gasteiger partial charge in [-0.2, -0.15) is 0 Å². The molecule has 0 spiro atoms. The van der Waals surface area contributed by atoms with Gasteiger partial charge in [-0.15, -0.1) is 0 Å². The Morgan fingerprint density at radius 3 is 1.46 bits per heavy atom. The number of rotatable bonds is 3. The highest BCUT2D eigenvalue weighted by Gasteiger charge is 2.44. The van der Waals surface area contributed by atoms with Gasteiger partial charge in [-0.3, -0.25) is 4.79 Å². The van der Waals surface area contributed by atoms with E-state index in [1.165, 1.54) is 16.4 Å². The maximum atomic E-state index is 12.7. The molecular formula is C23H21OPS. The molecule has 4 rings (SSSR count). The van der Waals surface area contributed by atoms with Crippen LogP contribution in [0.5, 0.6) is 0 Å². The van der Waals surface area contributed by atoms with Crippen LogP contribution in [0.25, 0.3) is 0 Å². The Labute approximate surface area is 160 Å². The van der Waals surface area contributed by atoms with E-state index in [-0.39, 0.29) is 11.3 Å². The highest BCUT2D eigenvalue weighted by atomic mass is 32.4. The second kappa shape index (κ2) is 7.31. The molecule has 0 aliphatic carbocycles. The lowest BCUT2D eigenvalue weighted by Crippen LogP contribution is -2.26. The summed E-state index contributed by atoms with van der Waals surface area (Å²) in [4.78, 5) is 12.7. The van der Waals surface area contributed by atoms with E-state index in [9.17, 15) is 4.79 Å². The Bertz CT molecular complexity index is 882. The van der Waals surface area contributed by atoms with Gasteiger partial charge in [-0.1, -0.05) is 103 Å². The molecule has 0 aromatic heterocycles. The number of benzene rings is 3. The van der Waals surface area contributed by atoms with Gasteiger partial charge in [0, 0.05) is 24.2 Å². The van der Waals surface area contributed by atoms with Crippen LogP contribution in [0.4, 0.5) is 0 Å². The number of hydrogen-bond acceptors (Lipinski definition) is 2. The third-order valence-electron chi connectivity index (χ3n) is 5.30. The molecule has 1 aliphatic heterocycles. The minimum absolute atomic E-state index is 0.104. The largest absolute Gasteiger partial charge is 0.300 e. The molecule has 0 N–H and O–H groups in total. The van der Waals surface area contributed by atoms with E-state index in [0.717, 1.165) is 0 Å². The Hall–Kier alpha value is -2.02. The SMILES string of the molecule is O=C1C[C@H](c2ccccc2)P(=S)(c2ccccc2)[C@@H](c2ccccc2)C1. The van der Waals surface area contributed by atoms with E-state index in [0.29, 0.717) is 18.6 Å². The lowest BCUT2D eigenvalue weighted by molar-refractivity contribution is -0.119. The third kappa shape index (κ3) is 3.09. The van der Waals surface area contributed by atoms with Crippen LogP contribution in [0, 0.1) is 0 Å². The van der Waals surface area contributed by atoms with Crippen molar-refractivity contribution in [3.05, 3.63) is 102 Å². The molecule has 1 saturated heterocycles. The Balaban J connectivity index is 1.93. The minimum Gasteiger partial charge on any atom is -0.300 e. The van der Waals surface area contributed by atoms with Crippen LogP contribution in [0.1, 0.15) is 35.3 Å². The first-order valence-corrected chi connectivity index (χ1v) is 11.9. The molecule has 0 unspecified atom stereocenters. The standard InChI is InChI=1S/C23H21OPS/c24-20-16-22(18-10-4-1-5-11-18)25(26,21-14-8-3-9-15-21)23(17-20)19-12-6-2-7-13-19/h1-15,22-23H,16-17H2/t22-,23-/m1/s1. The molecule has 1 nitrogen and oxygen atoms in total. The fourth-order valence-electron chi connectivity index (χ4n) is 4.05. The maximum absolute atomic E-state index is 12.7. The molecule has 0 radical (unpaired) electrons. The highest BCUT2D eigenvalue weighted by Crippen LogP contribution is 2.72. The summed E-state index contributed by atoms with van der Waals surface area (Å²) in [6.07, 6.45) is 1.11. The predicted molar refractivity (Wildman–Crippen MR) is 113 cm³/mol. The van der Waals surface area contributed by atoms with Gasteiger partial charge in [0.1, 0.15) is 5.78 Å². The van der Waals surface area contributed by atoms with E-state index >= 15 is 0 Å². The average molecular weight is 376 g/mol. The van der Waals surface area contributed by atoms with E-state index in [1.807, 2.05) is 18.2 Å². The molecule has 0 saturated carbocycles. The summed E-state index contributed by atoms with van der Waals surface area (Å²) >= 11 is 6.54. The van der Waals surface area contributed by atoms with Gasteiger partial charge >= 0.3 is 0 Å². The van der Waals surface area contributed by atoms with Gasteiger partial charge in [-0.25, -0.2) is 0 Å². The fraction of sp³-hybridized carbons (Fsp3) is 0.174. The minimum atomic E-state index is -2.05. The Kier molecular flexibility index (Phi) is 4.89. The van der Waals surface area contributed by atoms with Crippen LogP contribution in [0.2, 0.25) is 0 Å². The van der Waals surface area contributed by atoms with E-state index in [4.69, 9.17) is 11.8 Å². The lowest BCUT2D eigenvalue weighted by atomic mass is 10.0. The van der Waals surface area contributed by atoms with Gasteiger partial charge in [0.15, 0.2) is 0 Å². The Morgan fingerprint density at radius 1 is 0.654 bits per heavy atom. The molecule has 130 valence electrons. The van der Waals surface area contributed by atoms with Crippen molar-refractivity contribution in [1.29, 1.82) is 0 Å². The molecule has 1 fully saturated rings. The first-order chi connectivity index (χ1) is 12.7. The molecule has 26 heavy (non-hydrogen) atoms. The first-order valence-electron chi connectivity index (χ1n) is 8.96. The van der Waals surface area contributed by atoms with Crippen LogP contribution >= 0.6 is 6.04 Å². The molecule has 0 bridgehead atoms. The molecule has 1 aliphatic rings. The summed E-state index contributed by atoms with van der Waals surface area (Å²) in [6, 6.07) is 29.3. The molecule has 3 heteroatoms. The zero-order chi connectivity index (χ0) is 18.0. The number of ketones is 1. The van der Waals surface area contributed by atoms with Crippen molar-refractivity contribution < 1.29 is 4.79 Å². The second-order valence-electron chi connectivity index (χ2n) is 6.84. The zero-order valence-electron chi connectivity index (χ0n) is 14.5. The average Bonchev–Trinajstić information content (AvgIpc) is 2.71. The first kappa shape index (κ1) is 17.4. The molecule has 1 heterocycles. The summed E-state index contributed by atoms with van der Waals surface area (Å²) in [5.41, 5.74) is 2.61. The van der Waals surface area contributed by atoms with Gasteiger partial charge in [0.2, 0.25) is 0 Å². The van der Waals surface area contributed by atoms with E-state index in [1.54, 1.807) is 0 Å². The third-order valence-corrected chi connectivity index (χ3v) is 11.4. The molecular weight excluding hydrogens is 355 g/mol. The zero-order valence-corrected chi connectivity index (χ0v) is 16.2. The topological polar surface area (TPSA) is 17.1 Å². The van der Waals surface area contributed by atoms with Crippen LogP contribution in [0.15, 0.2) is 91.0 Å². The van der Waals surface area contributed by atoms with Gasteiger partial charge < -0.3 is 0 Å². The van der Waals surface area contributed by atoms with Crippen LogP contribution in [-0.4, -0.2) is 5.78 Å². The van der Waals surface area contributed by atoms with E-state index in [2.05, 4.69) is 72.8 Å². The summed E-state index contributed by atoms with van der Waals surface area (Å²) in [7, 11) is 0. The lowest BCUT2D eigenvalue weighted by Gasteiger charge is -2.42. The molecule has 0 amide bonds. The second-order valence-corrected chi connectivity index (χ2v) is 11.8. The van der Waals surface area contributed by atoms with Crippen LogP contribution in [0.3, 0.4) is 0 Å². The van der Waals surface area contributed by atoms with Crippen molar-refractivity contribution in [2.45, 2.75) is 24.2 Å². The van der Waals surface area contributed by atoms with Crippen LogP contribution < -0.4 is 5.30 Å². The quantitative estimate of drug-likeness (QED) is 0.551. The highest BCUT2D eigenvalue weighted by molar-refractivity contribution is 8.18. The normalized spacial score (nSPS) is 22.1. The smallest absolute Gasteiger partial charge is 0.134 e. The van der Waals surface area contributed by atoms with Crippen molar-refractivity contribution in [2.24, 2.45) is 0 Å². The van der Waals surface area contributed by atoms with Gasteiger partial charge in [0.05, 0.1) is 0 Å². The van der Waals surface area contributed by atoms with Crippen molar-refractivity contribution in [1.82, 2.24) is 0 Å². The van der Waals surface area contributed by atoms with Crippen LogP contribution in [-0.2, 0) is 16.6 Å². The van der Waals surface area contributed by atoms with Crippen molar-refractivity contribution >= 4 is 28.9 Å². The number of carbonyl (C=O) groups is 1. The molecule has 2 atom stereocenters. The molecule has 3 aromatic rings. The summed E-state index contributed by atoms with van der Waals surface area (Å²) in [5, 5.41) is 1.24.